The molecule has 37 heavy (non-hydrogen) atoms. The Morgan fingerprint density at radius 3 is 2.78 bits per heavy atom. The van der Waals surface area contributed by atoms with Crippen LogP contribution >= 0.6 is 0 Å². The molecule has 2 saturated heterocycles. The van der Waals surface area contributed by atoms with Crippen LogP contribution in [0.4, 0.5) is 21.6 Å². The van der Waals surface area contributed by atoms with Gasteiger partial charge in [0, 0.05) is 42.3 Å². The second kappa shape index (κ2) is 9.39. The van der Waals surface area contributed by atoms with Gasteiger partial charge in [-0.3, -0.25) is 4.98 Å². The van der Waals surface area contributed by atoms with Crippen LogP contribution in [0.5, 0.6) is 5.75 Å². The molecule has 1 N–H and O–H groups in total. The normalized spacial score (nSPS) is 18.5. The predicted octanol–water partition coefficient (Wildman–Crippen LogP) is 5.09. The number of hydrogen-bond acceptors (Lipinski definition) is 8. The molecule has 2 fully saturated rings. The van der Waals surface area contributed by atoms with Crippen molar-refractivity contribution in [1.82, 2.24) is 15.0 Å². The number of morpholine rings is 1. The Balaban J connectivity index is 1.43. The Morgan fingerprint density at radius 1 is 1.14 bits per heavy atom. The van der Waals surface area contributed by atoms with Crippen LogP contribution in [0.15, 0.2) is 48.9 Å². The average molecular weight is 504 g/mol. The molecule has 4 heterocycles. The van der Waals surface area contributed by atoms with Crippen LogP contribution in [-0.2, 0) is 9.47 Å². The van der Waals surface area contributed by atoms with Crippen molar-refractivity contribution >= 4 is 39.0 Å². The lowest BCUT2D eigenvalue weighted by molar-refractivity contribution is -0.0773. The Labute approximate surface area is 214 Å². The molecule has 0 bridgehead atoms. The number of hydrogen-bond donors (Lipinski definition) is 1. The number of nitrogens with one attached hydrogen (secondary N) is 1. The third kappa shape index (κ3) is 4.65. The van der Waals surface area contributed by atoms with Crippen molar-refractivity contribution in [2.45, 2.75) is 32.5 Å². The largest absolute Gasteiger partial charge is 0.489 e. The summed E-state index contributed by atoms with van der Waals surface area (Å²) >= 11 is 0. The summed E-state index contributed by atoms with van der Waals surface area (Å²) in [6.07, 6.45) is 3.08. The Hall–Kier alpha value is -3.56. The van der Waals surface area contributed by atoms with E-state index in [1.807, 2.05) is 12.1 Å². The average Bonchev–Trinajstić information content (AvgIpc) is 2.84. The number of aromatic nitrogens is 3. The summed E-state index contributed by atoms with van der Waals surface area (Å²) in [6, 6.07) is 11.0. The fourth-order valence-electron chi connectivity index (χ4n) is 4.91. The molecule has 9 heteroatoms. The monoisotopic (exact) mass is 503 g/mol. The van der Waals surface area contributed by atoms with Gasteiger partial charge in [-0.15, -0.1) is 0 Å². The molecule has 1 atom stereocenters. The SMILES string of the molecule is C[C@@H](Oc1cc(N2CCOC(C)(C)C2)cc2ncnc(Nc3ccc4ncccc4c3F)c12)C1COC1. The zero-order valence-corrected chi connectivity index (χ0v) is 21.2. The molecule has 0 radical (unpaired) electrons. The number of rotatable bonds is 6. The van der Waals surface area contributed by atoms with Gasteiger partial charge in [0.2, 0.25) is 0 Å². The molecule has 0 amide bonds. The Morgan fingerprint density at radius 2 is 2.00 bits per heavy atom. The summed E-state index contributed by atoms with van der Waals surface area (Å²) < 4.78 is 33.2. The van der Waals surface area contributed by atoms with Gasteiger partial charge in [0.1, 0.15) is 24.0 Å². The number of pyridine rings is 1. The van der Waals surface area contributed by atoms with Crippen LogP contribution in [0.25, 0.3) is 21.8 Å². The van der Waals surface area contributed by atoms with Gasteiger partial charge in [0.05, 0.1) is 47.5 Å². The van der Waals surface area contributed by atoms with Crippen LogP contribution in [-0.4, -0.2) is 59.6 Å². The van der Waals surface area contributed by atoms with E-state index < -0.39 is 0 Å². The van der Waals surface area contributed by atoms with E-state index in [1.165, 1.54) is 6.33 Å². The third-order valence-corrected chi connectivity index (χ3v) is 7.09. The standard InChI is InChI=1S/C28H30FN5O3/c1-17(18-13-35-14-18)37-24-12-19(34-9-10-36-28(2,3)15-34)11-23-25(24)27(32-16-31-23)33-22-7-6-21-20(26(22)29)5-4-8-30-21/h4-8,11-12,16-18H,9-10,13-15H2,1-3H3,(H,31,32,33)/t17-/m1/s1. The van der Waals surface area contributed by atoms with E-state index in [1.54, 1.807) is 30.5 Å². The first-order valence-electron chi connectivity index (χ1n) is 12.6. The van der Waals surface area contributed by atoms with E-state index in [9.17, 15) is 0 Å². The molecular weight excluding hydrogens is 473 g/mol. The van der Waals surface area contributed by atoms with E-state index in [0.29, 0.717) is 64.8 Å². The second-order valence-electron chi connectivity index (χ2n) is 10.3. The molecule has 0 saturated carbocycles. The van der Waals surface area contributed by atoms with Gasteiger partial charge in [-0.05, 0) is 51.1 Å². The van der Waals surface area contributed by atoms with Crippen molar-refractivity contribution in [3.05, 3.63) is 54.7 Å². The topological polar surface area (TPSA) is 81.6 Å². The minimum atomic E-state index is -0.382. The van der Waals surface area contributed by atoms with Gasteiger partial charge in [-0.1, -0.05) is 0 Å². The molecule has 2 aromatic heterocycles. The zero-order chi connectivity index (χ0) is 25.6. The molecule has 8 nitrogen and oxygen atoms in total. The molecule has 2 aliphatic rings. The first-order chi connectivity index (χ1) is 17.9. The fourth-order valence-corrected chi connectivity index (χ4v) is 4.91. The summed E-state index contributed by atoms with van der Waals surface area (Å²) in [5, 5.41) is 4.35. The van der Waals surface area contributed by atoms with Crippen molar-refractivity contribution < 1.29 is 18.6 Å². The highest BCUT2D eigenvalue weighted by Gasteiger charge is 2.30. The molecule has 2 aliphatic heterocycles. The lowest BCUT2D eigenvalue weighted by Crippen LogP contribution is -2.48. The summed E-state index contributed by atoms with van der Waals surface area (Å²) in [6.45, 7) is 9.74. The quantitative estimate of drug-likeness (QED) is 0.390. The summed E-state index contributed by atoms with van der Waals surface area (Å²) in [5.74, 6) is 1.06. The number of ether oxygens (including phenoxy) is 3. The molecule has 0 aliphatic carbocycles. The van der Waals surface area contributed by atoms with Gasteiger partial charge in [0.15, 0.2) is 5.82 Å². The third-order valence-electron chi connectivity index (χ3n) is 7.09. The highest BCUT2D eigenvalue weighted by atomic mass is 19.1. The van der Waals surface area contributed by atoms with Crippen molar-refractivity contribution in [2.24, 2.45) is 5.92 Å². The van der Waals surface area contributed by atoms with Crippen molar-refractivity contribution in [2.75, 3.05) is 43.1 Å². The fraction of sp³-hybridized carbons (Fsp3) is 0.393. The van der Waals surface area contributed by atoms with Crippen molar-refractivity contribution in [3.8, 4) is 5.75 Å². The van der Waals surface area contributed by atoms with E-state index in [4.69, 9.17) is 14.2 Å². The van der Waals surface area contributed by atoms with Gasteiger partial charge in [0.25, 0.3) is 0 Å². The number of nitrogens with zero attached hydrogens (tertiary/aromatic N) is 4. The van der Waals surface area contributed by atoms with Gasteiger partial charge >= 0.3 is 0 Å². The molecule has 6 rings (SSSR count). The second-order valence-corrected chi connectivity index (χ2v) is 10.3. The maximum Gasteiger partial charge on any atom is 0.156 e. The smallest absolute Gasteiger partial charge is 0.156 e. The number of anilines is 3. The maximum absolute atomic E-state index is 15.4. The summed E-state index contributed by atoms with van der Waals surface area (Å²) in [5.41, 5.74) is 2.37. The van der Waals surface area contributed by atoms with Crippen molar-refractivity contribution in [3.63, 3.8) is 0 Å². The minimum Gasteiger partial charge on any atom is -0.489 e. The maximum atomic E-state index is 15.4. The number of benzene rings is 2. The first kappa shape index (κ1) is 23.8. The lowest BCUT2D eigenvalue weighted by atomic mass is 10.0. The van der Waals surface area contributed by atoms with Crippen LogP contribution in [0, 0.1) is 11.7 Å². The molecule has 0 unspecified atom stereocenters. The lowest BCUT2D eigenvalue weighted by Gasteiger charge is -2.39. The van der Waals surface area contributed by atoms with Crippen LogP contribution < -0.4 is 15.0 Å². The van der Waals surface area contributed by atoms with Crippen molar-refractivity contribution in [1.29, 1.82) is 0 Å². The Bertz CT molecular complexity index is 1460. The van der Waals surface area contributed by atoms with Crippen LogP contribution in [0.1, 0.15) is 20.8 Å². The van der Waals surface area contributed by atoms with Crippen LogP contribution in [0.2, 0.25) is 0 Å². The van der Waals surface area contributed by atoms with E-state index in [2.05, 4.69) is 45.9 Å². The molecule has 2 aromatic carbocycles. The molecule has 4 aromatic rings. The van der Waals surface area contributed by atoms with Gasteiger partial charge in [-0.2, -0.15) is 0 Å². The molecule has 0 spiro atoms. The van der Waals surface area contributed by atoms with Gasteiger partial charge in [-0.25, -0.2) is 14.4 Å². The predicted molar refractivity (Wildman–Crippen MR) is 141 cm³/mol. The summed E-state index contributed by atoms with van der Waals surface area (Å²) in [7, 11) is 0. The summed E-state index contributed by atoms with van der Waals surface area (Å²) in [4.78, 5) is 15.6. The van der Waals surface area contributed by atoms with E-state index in [0.717, 1.165) is 18.8 Å². The zero-order valence-electron chi connectivity index (χ0n) is 21.2. The molecule has 192 valence electrons. The number of fused-ring (bicyclic) bond motifs is 2. The minimum absolute atomic E-state index is 0.0649. The first-order valence-corrected chi connectivity index (χ1v) is 12.6. The van der Waals surface area contributed by atoms with E-state index in [-0.39, 0.29) is 17.5 Å². The number of halogens is 1. The van der Waals surface area contributed by atoms with E-state index >= 15 is 4.39 Å². The van der Waals surface area contributed by atoms with Crippen LogP contribution in [0.3, 0.4) is 0 Å². The Kier molecular flexibility index (Phi) is 6.04. The van der Waals surface area contributed by atoms with Gasteiger partial charge < -0.3 is 24.4 Å². The molecular formula is C28H30FN5O3. The highest BCUT2D eigenvalue weighted by Crippen LogP contribution is 2.39. The highest BCUT2D eigenvalue weighted by molar-refractivity contribution is 5.98.